The summed E-state index contributed by atoms with van der Waals surface area (Å²) in [5.74, 6) is 0.431. The number of anilines is 2. The molecule has 2 aromatic heterocycles. The van der Waals surface area contributed by atoms with Crippen LogP contribution in [-0.2, 0) is 0 Å². The number of carbonyl (C=O) groups excluding carboxylic acids is 1. The largest absolute Gasteiger partial charge is 0.366 e. The first-order valence-electron chi connectivity index (χ1n) is 9.05. The van der Waals surface area contributed by atoms with E-state index in [1.165, 1.54) is 19.3 Å². The second-order valence-corrected chi connectivity index (χ2v) is 6.62. The van der Waals surface area contributed by atoms with Crippen molar-refractivity contribution < 1.29 is 4.79 Å². The summed E-state index contributed by atoms with van der Waals surface area (Å²) in [5, 5.41) is 15.5. The Morgan fingerprint density at radius 2 is 1.81 bits per heavy atom. The third-order valence-electron chi connectivity index (χ3n) is 4.74. The van der Waals surface area contributed by atoms with Gasteiger partial charge in [0, 0.05) is 17.6 Å². The lowest BCUT2D eigenvalue weighted by molar-refractivity contribution is 0.102. The molecule has 3 aromatic rings. The van der Waals surface area contributed by atoms with E-state index in [1.54, 1.807) is 12.3 Å². The van der Waals surface area contributed by atoms with Crippen LogP contribution < -0.4 is 10.6 Å². The van der Waals surface area contributed by atoms with Gasteiger partial charge in [-0.2, -0.15) is 0 Å². The third kappa shape index (κ3) is 3.64. The average Bonchev–Trinajstić information content (AvgIpc) is 2.70. The van der Waals surface area contributed by atoms with Gasteiger partial charge in [-0.1, -0.05) is 37.5 Å². The molecular formula is C20H21N5O. The zero-order chi connectivity index (χ0) is 17.8. The first-order valence-corrected chi connectivity index (χ1v) is 9.05. The van der Waals surface area contributed by atoms with E-state index in [4.69, 9.17) is 0 Å². The summed E-state index contributed by atoms with van der Waals surface area (Å²) < 4.78 is 0. The van der Waals surface area contributed by atoms with E-state index in [2.05, 4.69) is 25.8 Å². The smallest absolute Gasteiger partial charge is 0.276 e. The van der Waals surface area contributed by atoms with Gasteiger partial charge in [0.05, 0.1) is 11.2 Å². The number of nitrogens with one attached hydrogen (secondary N) is 2. The van der Waals surface area contributed by atoms with Crippen molar-refractivity contribution in [2.24, 2.45) is 0 Å². The Bertz CT molecular complexity index is 898. The van der Waals surface area contributed by atoms with Crippen molar-refractivity contribution in [1.82, 2.24) is 15.2 Å². The highest BCUT2D eigenvalue weighted by Gasteiger charge is 2.15. The Labute approximate surface area is 152 Å². The van der Waals surface area contributed by atoms with Crippen molar-refractivity contribution >= 4 is 28.3 Å². The number of hydrogen-bond acceptors (Lipinski definition) is 5. The van der Waals surface area contributed by atoms with E-state index >= 15 is 0 Å². The van der Waals surface area contributed by atoms with E-state index in [9.17, 15) is 4.79 Å². The van der Waals surface area contributed by atoms with Gasteiger partial charge < -0.3 is 10.6 Å². The van der Waals surface area contributed by atoms with Gasteiger partial charge in [0.15, 0.2) is 5.69 Å². The highest BCUT2D eigenvalue weighted by molar-refractivity contribution is 6.07. The van der Waals surface area contributed by atoms with Gasteiger partial charge in [-0.3, -0.25) is 9.78 Å². The van der Waals surface area contributed by atoms with Crippen LogP contribution in [-0.4, -0.2) is 27.1 Å². The molecule has 6 nitrogen and oxygen atoms in total. The number of carbonyl (C=O) groups is 1. The van der Waals surface area contributed by atoms with Crippen LogP contribution in [0.4, 0.5) is 11.5 Å². The van der Waals surface area contributed by atoms with Crippen molar-refractivity contribution in [3.05, 3.63) is 54.4 Å². The minimum Gasteiger partial charge on any atom is -0.366 e. The van der Waals surface area contributed by atoms with Crippen LogP contribution in [0.1, 0.15) is 42.6 Å². The maximum Gasteiger partial charge on any atom is 0.276 e. The van der Waals surface area contributed by atoms with E-state index in [0.29, 0.717) is 11.7 Å². The monoisotopic (exact) mass is 347 g/mol. The van der Waals surface area contributed by atoms with Gasteiger partial charge in [0.2, 0.25) is 0 Å². The van der Waals surface area contributed by atoms with Crippen molar-refractivity contribution in [3.8, 4) is 0 Å². The van der Waals surface area contributed by atoms with Crippen LogP contribution in [0.15, 0.2) is 48.7 Å². The summed E-state index contributed by atoms with van der Waals surface area (Å²) >= 11 is 0. The lowest BCUT2D eigenvalue weighted by atomic mass is 9.95. The summed E-state index contributed by atoms with van der Waals surface area (Å²) in [6, 6.07) is 13.5. The van der Waals surface area contributed by atoms with Gasteiger partial charge in [0.25, 0.3) is 5.91 Å². The molecule has 1 aliphatic carbocycles. The summed E-state index contributed by atoms with van der Waals surface area (Å²) in [5.41, 5.74) is 1.71. The van der Waals surface area contributed by atoms with E-state index < -0.39 is 0 Å². The van der Waals surface area contributed by atoms with Crippen LogP contribution in [0.25, 0.3) is 10.9 Å². The molecule has 0 spiro atoms. The summed E-state index contributed by atoms with van der Waals surface area (Å²) in [6.07, 6.45) is 7.86. The Morgan fingerprint density at radius 1 is 0.962 bits per heavy atom. The Balaban J connectivity index is 1.46. The lowest BCUT2D eigenvalue weighted by Crippen LogP contribution is -2.23. The first kappa shape index (κ1) is 16.4. The molecule has 6 heteroatoms. The second kappa shape index (κ2) is 7.47. The quantitative estimate of drug-likeness (QED) is 0.745. The minimum absolute atomic E-state index is 0.284. The fraction of sp³-hybridized carbons (Fsp3) is 0.300. The Morgan fingerprint density at radius 3 is 2.62 bits per heavy atom. The summed E-state index contributed by atoms with van der Waals surface area (Å²) in [4.78, 5) is 16.8. The van der Waals surface area contributed by atoms with Crippen LogP contribution in [0.2, 0.25) is 0 Å². The van der Waals surface area contributed by atoms with Crippen LogP contribution in [0.5, 0.6) is 0 Å². The molecule has 0 atom stereocenters. The predicted octanol–water partition coefficient (Wildman–Crippen LogP) is 4.02. The molecule has 4 rings (SSSR count). The predicted molar refractivity (Wildman–Crippen MR) is 102 cm³/mol. The molecule has 1 fully saturated rings. The maximum absolute atomic E-state index is 12.5. The van der Waals surface area contributed by atoms with Crippen LogP contribution >= 0.6 is 0 Å². The van der Waals surface area contributed by atoms with Gasteiger partial charge >= 0.3 is 0 Å². The SMILES string of the molecule is O=C(Nc1cccc2cccnc12)c1ccc(NC2CCCCC2)nn1. The standard InChI is InChI=1S/C20H21N5O/c26-20(23-16-10-4-6-14-7-5-13-21-19(14)16)17-11-12-18(25-24-17)22-15-8-2-1-3-9-15/h4-7,10-13,15H,1-3,8-9H2,(H,22,25)(H,23,26). The van der Waals surface area contributed by atoms with Crippen LogP contribution in [0, 0.1) is 0 Å². The molecule has 2 heterocycles. The first-order chi connectivity index (χ1) is 12.8. The van der Waals surface area contributed by atoms with Gasteiger partial charge in [-0.15, -0.1) is 10.2 Å². The fourth-order valence-corrected chi connectivity index (χ4v) is 3.38. The molecule has 1 aliphatic rings. The van der Waals surface area contributed by atoms with Crippen molar-refractivity contribution in [2.75, 3.05) is 10.6 Å². The molecule has 1 aromatic carbocycles. The molecule has 1 amide bonds. The van der Waals surface area contributed by atoms with Crippen molar-refractivity contribution in [3.63, 3.8) is 0 Å². The number of aromatic nitrogens is 3. The number of fused-ring (bicyclic) bond motifs is 1. The Hall–Kier alpha value is -3.02. The third-order valence-corrected chi connectivity index (χ3v) is 4.74. The summed E-state index contributed by atoms with van der Waals surface area (Å²) in [6.45, 7) is 0. The molecule has 0 bridgehead atoms. The number of nitrogens with zero attached hydrogens (tertiary/aromatic N) is 3. The highest BCUT2D eigenvalue weighted by Crippen LogP contribution is 2.22. The number of hydrogen-bond donors (Lipinski definition) is 2. The topological polar surface area (TPSA) is 79.8 Å². The Kier molecular flexibility index (Phi) is 4.73. The van der Waals surface area contributed by atoms with Crippen molar-refractivity contribution in [1.29, 1.82) is 0 Å². The van der Waals surface area contributed by atoms with Gasteiger partial charge in [-0.25, -0.2) is 0 Å². The molecule has 2 N–H and O–H groups in total. The summed E-state index contributed by atoms with van der Waals surface area (Å²) in [7, 11) is 0. The lowest BCUT2D eigenvalue weighted by Gasteiger charge is -2.22. The molecule has 0 unspecified atom stereocenters. The molecule has 0 radical (unpaired) electrons. The molecule has 0 saturated heterocycles. The molecule has 0 aliphatic heterocycles. The molecule has 132 valence electrons. The van der Waals surface area contributed by atoms with E-state index in [-0.39, 0.29) is 11.6 Å². The number of para-hydroxylation sites is 1. The van der Waals surface area contributed by atoms with E-state index in [1.807, 2.05) is 36.4 Å². The zero-order valence-corrected chi connectivity index (χ0v) is 14.5. The number of amides is 1. The fourth-order valence-electron chi connectivity index (χ4n) is 3.38. The van der Waals surface area contributed by atoms with Gasteiger partial charge in [-0.05, 0) is 37.1 Å². The average molecular weight is 347 g/mol. The van der Waals surface area contributed by atoms with E-state index in [0.717, 1.165) is 29.6 Å². The second-order valence-electron chi connectivity index (χ2n) is 6.62. The molecule has 26 heavy (non-hydrogen) atoms. The molecule has 1 saturated carbocycles. The van der Waals surface area contributed by atoms with Crippen molar-refractivity contribution in [2.45, 2.75) is 38.1 Å². The number of pyridine rings is 1. The zero-order valence-electron chi connectivity index (χ0n) is 14.5. The number of rotatable bonds is 4. The molecular weight excluding hydrogens is 326 g/mol. The highest BCUT2D eigenvalue weighted by atomic mass is 16.1. The van der Waals surface area contributed by atoms with Crippen LogP contribution in [0.3, 0.4) is 0 Å². The van der Waals surface area contributed by atoms with Gasteiger partial charge in [0.1, 0.15) is 5.82 Å². The number of benzene rings is 1. The minimum atomic E-state index is -0.292. The normalized spacial score (nSPS) is 14.9. The maximum atomic E-state index is 12.5.